The first-order chi connectivity index (χ1) is 14.7. The lowest BCUT2D eigenvalue weighted by Gasteiger charge is -2.13. The number of benzene rings is 2. The van der Waals surface area contributed by atoms with Crippen LogP contribution in [0.2, 0.25) is 0 Å². The standard InChI is InChI=1S/C23H30N4O3.HI/c1-4-14-30-21-9-7-6-8-19(21)16-26-23(24-5-2)27-17-22(28)25-15-18-10-12-20(29-3)13-11-18;/h4,6-13H,1,5,14-17H2,2-3H3,(H,25,28)(H2,24,26,27);1H. The summed E-state index contributed by atoms with van der Waals surface area (Å²) >= 11 is 0. The van der Waals surface area contributed by atoms with Crippen molar-refractivity contribution in [1.29, 1.82) is 0 Å². The van der Waals surface area contributed by atoms with Crippen LogP contribution in [0, 0.1) is 0 Å². The van der Waals surface area contributed by atoms with E-state index in [0.717, 1.165) is 22.6 Å². The van der Waals surface area contributed by atoms with E-state index in [1.54, 1.807) is 13.2 Å². The van der Waals surface area contributed by atoms with Crippen molar-refractivity contribution in [2.75, 3.05) is 26.8 Å². The Morgan fingerprint density at radius 3 is 2.52 bits per heavy atom. The fourth-order valence-corrected chi connectivity index (χ4v) is 2.60. The predicted octanol–water partition coefficient (Wildman–Crippen LogP) is 3.25. The number of rotatable bonds is 11. The quantitative estimate of drug-likeness (QED) is 0.177. The van der Waals surface area contributed by atoms with Crippen LogP contribution in [0.3, 0.4) is 0 Å². The summed E-state index contributed by atoms with van der Waals surface area (Å²) in [6.07, 6.45) is 1.70. The van der Waals surface area contributed by atoms with Gasteiger partial charge in [0.25, 0.3) is 0 Å². The topological polar surface area (TPSA) is 84.0 Å². The van der Waals surface area contributed by atoms with Crippen LogP contribution in [-0.2, 0) is 17.9 Å². The Kier molecular flexibility index (Phi) is 12.8. The number of halogens is 1. The van der Waals surface area contributed by atoms with Gasteiger partial charge in [-0.05, 0) is 30.7 Å². The van der Waals surface area contributed by atoms with Crippen LogP contribution in [0.25, 0.3) is 0 Å². The number of para-hydroxylation sites is 1. The molecule has 168 valence electrons. The summed E-state index contributed by atoms with van der Waals surface area (Å²) in [5.41, 5.74) is 1.96. The molecule has 1 amide bonds. The van der Waals surface area contributed by atoms with Gasteiger partial charge in [0.2, 0.25) is 5.91 Å². The molecule has 0 fully saturated rings. The van der Waals surface area contributed by atoms with E-state index >= 15 is 0 Å². The Bertz CT molecular complexity index is 841. The summed E-state index contributed by atoms with van der Waals surface area (Å²) in [4.78, 5) is 16.7. The minimum atomic E-state index is -0.119. The van der Waals surface area contributed by atoms with E-state index in [0.29, 0.717) is 32.2 Å². The van der Waals surface area contributed by atoms with Gasteiger partial charge in [-0.25, -0.2) is 4.99 Å². The molecule has 0 radical (unpaired) electrons. The molecule has 0 saturated carbocycles. The van der Waals surface area contributed by atoms with Crippen LogP contribution < -0.4 is 25.4 Å². The maximum absolute atomic E-state index is 12.2. The molecule has 0 atom stereocenters. The van der Waals surface area contributed by atoms with Crippen molar-refractivity contribution < 1.29 is 14.3 Å². The van der Waals surface area contributed by atoms with Crippen molar-refractivity contribution in [3.63, 3.8) is 0 Å². The van der Waals surface area contributed by atoms with Crippen molar-refractivity contribution in [2.45, 2.75) is 20.0 Å². The molecular weight excluding hydrogens is 507 g/mol. The van der Waals surface area contributed by atoms with E-state index in [1.807, 2.05) is 55.5 Å². The number of nitrogens with one attached hydrogen (secondary N) is 3. The molecule has 3 N–H and O–H groups in total. The fraction of sp³-hybridized carbons (Fsp3) is 0.304. The van der Waals surface area contributed by atoms with Crippen LogP contribution in [0.5, 0.6) is 11.5 Å². The lowest BCUT2D eigenvalue weighted by molar-refractivity contribution is -0.120. The highest BCUT2D eigenvalue weighted by atomic mass is 127. The highest BCUT2D eigenvalue weighted by Gasteiger charge is 2.06. The highest BCUT2D eigenvalue weighted by Crippen LogP contribution is 2.18. The van der Waals surface area contributed by atoms with Crippen LogP contribution >= 0.6 is 24.0 Å². The number of methoxy groups -OCH3 is 1. The Labute approximate surface area is 201 Å². The van der Waals surface area contributed by atoms with Crippen LogP contribution in [0.4, 0.5) is 0 Å². The number of carbonyl (C=O) groups excluding carboxylic acids is 1. The highest BCUT2D eigenvalue weighted by molar-refractivity contribution is 14.0. The van der Waals surface area contributed by atoms with Gasteiger partial charge in [-0.1, -0.05) is 43.0 Å². The number of hydrogen-bond donors (Lipinski definition) is 3. The van der Waals surface area contributed by atoms with Crippen LogP contribution in [0.1, 0.15) is 18.1 Å². The molecule has 8 heteroatoms. The Morgan fingerprint density at radius 1 is 1.10 bits per heavy atom. The fourth-order valence-electron chi connectivity index (χ4n) is 2.60. The van der Waals surface area contributed by atoms with Gasteiger partial charge in [-0.15, -0.1) is 24.0 Å². The summed E-state index contributed by atoms with van der Waals surface area (Å²) in [5, 5.41) is 9.09. The summed E-state index contributed by atoms with van der Waals surface area (Å²) < 4.78 is 10.8. The second-order valence-corrected chi connectivity index (χ2v) is 6.38. The van der Waals surface area contributed by atoms with Gasteiger partial charge in [0.1, 0.15) is 18.1 Å². The minimum Gasteiger partial charge on any atom is -0.497 e. The molecule has 0 aliphatic rings. The summed E-state index contributed by atoms with van der Waals surface area (Å²) in [6, 6.07) is 15.3. The van der Waals surface area contributed by atoms with E-state index in [4.69, 9.17) is 9.47 Å². The molecule has 2 rings (SSSR count). The molecule has 0 aliphatic heterocycles. The van der Waals surface area contributed by atoms with Crippen molar-refractivity contribution in [3.8, 4) is 11.5 Å². The Balaban J connectivity index is 0.00000480. The van der Waals surface area contributed by atoms with E-state index in [1.165, 1.54) is 0 Å². The molecule has 0 bridgehead atoms. The molecule has 0 heterocycles. The molecule has 0 unspecified atom stereocenters. The van der Waals surface area contributed by atoms with Gasteiger partial charge < -0.3 is 25.4 Å². The molecule has 7 nitrogen and oxygen atoms in total. The molecule has 2 aromatic carbocycles. The van der Waals surface area contributed by atoms with Gasteiger partial charge in [0.15, 0.2) is 5.96 Å². The van der Waals surface area contributed by atoms with E-state index in [2.05, 4.69) is 27.5 Å². The van der Waals surface area contributed by atoms with Gasteiger partial charge in [0, 0.05) is 18.7 Å². The first-order valence-corrected chi connectivity index (χ1v) is 9.89. The maximum atomic E-state index is 12.2. The first-order valence-electron chi connectivity index (χ1n) is 9.89. The average molecular weight is 538 g/mol. The van der Waals surface area contributed by atoms with Gasteiger partial charge in [-0.2, -0.15) is 0 Å². The predicted molar refractivity (Wildman–Crippen MR) is 135 cm³/mol. The second-order valence-electron chi connectivity index (χ2n) is 6.38. The zero-order valence-corrected chi connectivity index (χ0v) is 20.3. The molecule has 2 aromatic rings. The smallest absolute Gasteiger partial charge is 0.239 e. The lowest BCUT2D eigenvalue weighted by Crippen LogP contribution is -2.43. The largest absolute Gasteiger partial charge is 0.497 e. The van der Waals surface area contributed by atoms with Crippen molar-refractivity contribution in [1.82, 2.24) is 16.0 Å². The van der Waals surface area contributed by atoms with E-state index in [9.17, 15) is 4.79 Å². The zero-order chi connectivity index (χ0) is 21.6. The zero-order valence-electron chi connectivity index (χ0n) is 18.0. The van der Waals surface area contributed by atoms with Crippen molar-refractivity contribution in [3.05, 3.63) is 72.3 Å². The lowest BCUT2D eigenvalue weighted by atomic mass is 10.2. The average Bonchev–Trinajstić information content (AvgIpc) is 2.79. The van der Waals surface area contributed by atoms with Crippen molar-refractivity contribution >= 4 is 35.8 Å². The Hall–Kier alpha value is -2.75. The van der Waals surface area contributed by atoms with Crippen LogP contribution in [0.15, 0.2) is 66.2 Å². The number of hydrogen-bond acceptors (Lipinski definition) is 4. The monoisotopic (exact) mass is 538 g/mol. The number of ether oxygens (including phenoxy) is 2. The third kappa shape index (κ3) is 9.73. The van der Waals surface area contributed by atoms with Crippen molar-refractivity contribution in [2.24, 2.45) is 4.99 Å². The molecule has 31 heavy (non-hydrogen) atoms. The van der Waals surface area contributed by atoms with Gasteiger partial charge in [-0.3, -0.25) is 4.79 Å². The first kappa shape index (κ1) is 26.3. The normalized spacial score (nSPS) is 10.5. The van der Waals surface area contributed by atoms with E-state index in [-0.39, 0.29) is 36.4 Å². The molecule has 0 aliphatic carbocycles. The number of amides is 1. The minimum absolute atomic E-state index is 0. The Morgan fingerprint density at radius 2 is 1.84 bits per heavy atom. The number of carbonyl (C=O) groups is 1. The molecule has 0 aromatic heterocycles. The summed E-state index contributed by atoms with van der Waals surface area (Å²) in [6.45, 7) is 7.77. The van der Waals surface area contributed by atoms with Gasteiger partial charge >= 0.3 is 0 Å². The third-order valence-corrected chi connectivity index (χ3v) is 4.15. The summed E-state index contributed by atoms with van der Waals surface area (Å²) in [7, 11) is 1.62. The number of aliphatic imine (C=N–C) groups is 1. The van der Waals surface area contributed by atoms with E-state index < -0.39 is 0 Å². The summed E-state index contributed by atoms with van der Waals surface area (Å²) in [5.74, 6) is 2.01. The van der Waals surface area contributed by atoms with Gasteiger partial charge in [0.05, 0.1) is 20.2 Å². The number of guanidine groups is 1. The molecule has 0 saturated heterocycles. The maximum Gasteiger partial charge on any atom is 0.239 e. The molecular formula is C23H31IN4O3. The SMILES string of the molecule is C=CCOc1ccccc1CN=C(NCC)NCC(=O)NCc1ccc(OC)cc1.I. The third-order valence-electron chi connectivity index (χ3n) is 4.15. The van der Waals surface area contributed by atoms with Crippen LogP contribution in [-0.4, -0.2) is 38.7 Å². The molecule has 0 spiro atoms. The number of nitrogens with zero attached hydrogens (tertiary/aromatic N) is 1. The second kappa shape index (κ2) is 15.1.